The summed E-state index contributed by atoms with van der Waals surface area (Å²) in [6, 6.07) is 4.32. The van der Waals surface area contributed by atoms with Crippen molar-refractivity contribution in [3.8, 4) is 0 Å². The standard InChI is InChI=1S/C15H19ClFNO/c1-2-3-4-5-6-12(15(18)19)7-11-8-13(16)10-14(17)9-11/h2-3,8-10,12H,4-7H2,1H3,(H2,18,19)/b3-2+. The predicted molar refractivity (Wildman–Crippen MR) is 76.5 cm³/mol. The van der Waals surface area contributed by atoms with Gasteiger partial charge in [-0.2, -0.15) is 0 Å². The Morgan fingerprint density at radius 2 is 2.21 bits per heavy atom. The van der Waals surface area contributed by atoms with Crippen LogP contribution in [0.4, 0.5) is 4.39 Å². The van der Waals surface area contributed by atoms with Crippen molar-refractivity contribution in [2.24, 2.45) is 11.7 Å². The minimum absolute atomic E-state index is 0.275. The minimum atomic E-state index is -0.389. The lowest BCUT2D eigenvalue weighted by Crippen LogP contribution is -2.25. The molecule has 104 valence electrons. The maximum Gasteiger partial charge on any atom is 0.220 e. The largest absolute Gasteiger partial charge is 0.369 e. The quantitative estimate of drug-likeness (QED) is 0.599. The number of hydrogen-bond acceptors (Lipinski definition) is 1. The van der Waals surface area contributed by atoms with Crippen molar-refractivity contribution >= 4 is 17.5 Å². The first-order valence-electron chi connectivity index (χ1n) is 6.38. The molecule has 0 fully saturated rings. The van der Waals surface area contributed by atoms with Crippen LogP contribution in [0.2, 0.25) is 5.02 Å². The molecule has 0 saturated heterocycles. The topological polar surface area (TPSA) is 43.1 Å². The molecular weight excluding hydrogens is 265 g/mol. The molecule has 0 bridgehead atoms. The van der Waals surface area contributed by atoms with E-state index in [1.54, 1.807) is 6.07 Å². The number of amides is 1. The summed E-state index contributed by atoms with van der Waals surface area (Å²) >= 11 is 5.79. The summed E-state index contributed by atoms with van der Waals surface area (Å²) in [5, 5.41) is 0.340. The van der Waals surface area contributed by atoms with Crippen molar-refractivity contribution in [2.45, 2.75) is 32.6 Å². The van der Waals surface area contributed by atoms with E-state index in [1.165, 1.54) is 12.1 Å². The SMILES string of the molecule is C/C=C/CCCC(Cc1cc(F)cc(Cl)c1)C(N)=O. The van der Waals surface area contributed by atoms with Gasteiger partial charge in [0, 0.05) is 10.9 Å². The number of halogens is 2. The predicted octanol–water partition coefficient (Wildman–Crippen LogP) is 3.87. The number of benzene rings is 1. The summed E-state index contributed by atoms with van der Waals surface area (Å²) in [6.45, 7) is 1.96. The van der Waals surface area contributed by atoms with Gasteiger partial charge in [0.1, 0.15) is 5.82 Å². The zero-order valence-electron chi connectivity index (χ0n) is 11.0. The van der Waals surface area contributed by atoms with Crippen LogP contribution in [0.1, 0.15) is 31.7 Å². The smallest absolute Gasteiger partial charge is 0.220 e. The van der Waals surface area contributed by atoms with Crippen LogP contribution in [-0.4, -0.2) is 5.91 Å². The van der Waals surface area contributed by atoms with Crippen LogP contribution < -0.4 is 5.73 Å². The number of carbonyl (C=O) groups excluding carboxylic acids is 1. The Morgan fingerprint density at radius 1 is 1.47 bits per heavy atom. The molecule has 0 aliphatic heterocycles. The zero-order chi connectivity index (χ0) is 14.3. The molecule has 1 atom stereocenters. The van der Waals surface area contributed by atoms with Crippen LogP contribution in [0.3, 0.4) is 0 Å². The number of carbonyl (C=O) groups is 1. The molecule has 1 unspecified atom stereocenters. The Labute approximate surface area is 118 Å². The van der Waals surface area contributed by atoms with Gasteiger partial charge in [0.05, 0.1) is 0 Å². The van der Waals surface area contributed by atoms with Crippen molar-refractivity contribution in [3.63, 3.8) is 0 Å². The van der Waals surface area contributed by atoms with Crippen LogP contribution in [0, 0.1) is 11.7 Å². The van der Waals surface area contributed by atoms with E-state index in [2.05, 4.69) is 6.08 Å². The number of nitrogens with two attached hydrogens (primary N) is 1. The van der Waals surface area contributed by atoms with E-state index >= 15 is 0 Å². The first-order valence-corrected chi connectivity index (χ1v) is 6.76. The fourth-order valence-electron chi connectivity index (χ4n) is 2.01. The summed E-state index contributed by atoms with van der Waals surface area (Å²) in [4.78, 5) is 11.4. The minimum Gasteiger partial charge on any atom is -0.369 e. The van der Waals surface area contributed by atoms with Gasteiger partial charge in [-0.1, -0.05) is 23.8 Å². The average molecular weight is 284 g/mol. The summed E-state index contributed by atoms with van der Waals surface area (Å²) < 4.78 is 13.2. The molecule has 0 radical (unpaired) electrons. The third-order valence-corrected chi connectivity index (χ3v) is 3.18. The monoisotopic (exact) mass is 283 g/mol. The highest BCUT2D eigenvalue weighted by Crippen LogP contribution is 2.20. The highest BCUT2D eigenvalue weighted by molar-refractivity contribution is 6.30. The van der Waals surface area contributed by atoms with E-state index in [4.69, 9.17) is 17.3 Å². The van der Waals surface area contributed by atoms with Gasteiger partial charge >= 0.3 is 0 Å². The van der Waals surface area contributed by atoms with E-state index in [9.17, 15) is 9.18 Å². The Hall–Kier alpha value is -1.35. The van der Waals surface area contributed by atoms with Crippen LogP contribution in [0.25, 0.3) is 0 Å². The Kier molecular flexibility index (Phi) is 6.57. The molecule has 0 aromatic heterocycles. The van der Waals surface area contributed by atoms with E-state index in [1.807, 2.05) is 13.0 Å². The van der Waals surface area contributed by atoms with E-state index < -0.39 is 0 Å². The Morgan fingerprint density at radius 3 is 2.79 bits per heavy atom. The first kappa shape index (κ1) is 15.7. The summed E-state index contributed by atoms with van der Waals surface area (Å²) in [6.07, 6.45) is 6.98. The molecule has 2 N–H and O–H groups in total. The molecule has 1 aromatic carbocycles. The number of allylic oxidation sites excluding steroid dienone is 2. The lowest BCUT2D eigenvalue weighted by Gasteiger charge is -2.13. The second-order valence-corrected chi connectivity index (χ2v) is 5.02. The second kappa shape index (κ2) is 7.95. The van der Waals surface area contributed by atoms with Crippen LogP contribution in [-0.2, 0) is 11.2 Å². The molecule has 0 heterocycles. The molecule has 2 nitrogen and oxygen atoms in total. The van der Waals surface area contributed by atoms with Gasteiger partial charge in [-0.3, -0.25) is 4.79 Å². The summed E-state index contributed by atoms with van der Waals surface area (Å²) in [7, 11) is 0. The number of unbranched alkanes of at least 4 members (excludes halogenated alkanes) is 1. The number of primary amides is 1. The van der Waals surface area contributed by atoms with Crippen molar-refractivity contribution in [1.82, 2.24) is 0 Å². The van der Waals surface area contributed by atoms with Crippen molar-refractivity contribution in [3.05, 3.63) is 46.8 Å². The van der Waals surface area contributed by atoms with E-state index in [0.717, 1.165) is 12.8 Å². The average Bonchev–Trinajstić information content (AvgIpc) is 2.31. The van der Waals surface area contributed by atoms with Crippen molar-refractivity contribution in [1.29, 1.82) is 0 Å². The number of hydrogen-bond donors (Lipinski definition) is 1. The molecule has 1 rings (SSSR count). The van der Waals surface area contributed by atoms with Gasteiger partial charge < -0.3 is 5.73 Å². The lowest BCUT2D eigenvalue weighted by atomic mass is 9.93. The summed E-state index contributed by atoms with van der Waals surface area (Å²) in [5.74, 6) is -1.01. The van der Waals surface area contributed by atoms with Crippen LogP contribution in [0.5, 0.6) is 0 Å². The molecule has 0 spiro atoms. The Balaban J connectivity index is 2.64. The highest BCUT2D eigenvalue weighted by Gasteiger charge is 2.16. The second-order valence-electron chi connectivity index (χ2n) is 4.58. The summed E-state index contributed by atoms with van der Waals surface area (Å²) in [5.41, 5.74) is 6.10. The van der Waals surface area contributed by atoms with E-state index in [-0.39, 0.29) is 17.6 Å². The van der Waals surface area contributed by atoms with Gasteiger partial charge in [0.2, 0.25) is 5.91 Å². The molecule has 4 heteroatoms. The van der Waals surface area contributed by atoms with Gasteiger partial charge in [0.15, 0.2) is 0 Å². The maximum absolute atomic E-state index is 13.2. The zero-order valence-corrected chi connectivity index (χ0v) is 11.8. The van der Waals surface area contributed by atoms with Gasteiger partial charge in [-0.15, -0.1) is 0 Å². The van der Waals surface area contributed by atoms with Gasteiger partial charge in [-0.05, 0) is 56.4 Å². The molecule has 0 aliphatic rings. The molecule has 1 amide bonds. The van der Waals surface area contributed by atoms with Crippen molar-refractivity contribution < 1.29 is 9.18 Å². The van der Waals surface area contributed by atoms with Crippen LogP contribution >= 0.6 is 11.6 Å². The number of rotatable bonds is 7. The maximum atomic E-state index is 13.2. The first-order chi connectivity index (χ1) is 9.02. The fraction of sp³-hybridized carbons (Fsp3) is 0.400. The van der Waals surface area contributed by atoms with E-state index in [0.29, 0.717) is 23.4 Å². The van der Waals surface area contributed by atoms with Gasteiger partial charge in [-0.25, -0.2) is 4.39 Å². The lowest BCUT2D eigenvalue weighted by molar-refractivity contribution is -0.122. The third-order valence-electron chi connectivity index (χ3n) is 2.97. The molecule has 19 heavy (non-hydrogen) atoms. The molecular formula is C15H19ClFNO. The third kappa shape index (κ3) is 5.88. The highest BCUT2D eigenvalue weighted by atomic mass is 35.5. The molecule has 1 aromatic rings. The fourth-order valence-corrected chi connectivity index (χ4v) is 2.25. The van der Waals surface area contributed by atoms with Crippen LogP contribution in [0.15, 0.2) is 30.4 Å². The molecule has 0 saturated carbocycles. The molecule has 0 aliphatic carbocycles. The van der Waals surface area contributed by atoms with Gasteiger partial charge in [0.25, 0.3) is 0 Å². The van der Waals surface area contributed by atoms with Crippen molar-refractivity contribution in [2.75, 3.05) is 0 Å². The Bertz CT molecular complexity index is 439. The normalized spacial score (nSPS) is 12.8.